The summed E-state index contributed by atoms with van der Waals surface area (Å²) in [7, 11) is 1.63. The van der Waals surface area contributed by atoms with Crippen LogP contribution < -0.4 is 4.90 Å². The number of para-hydroxylation sites is 1. The first-order valence-electron chi connectivity index (χ1n) is 7.12. The number of nitrogens with zero attached hydrogens (tertiary/aromatic N) is 2. The number of pyridine rings is 1. The summed E-state index contributed by atoms with van der Waals surface area (Å²) in [5, 5.41) is 12.1. The van der Waals surface area contributed by atoms with Crippen LogP contribution >= 0.6 is 11.6 Å². The molecule has 3 rings (SSSR count). The first-order valence-corrected chi connectivity index (χ1v) is 7.50. The fourth-order valence-corrected chi connectivity index (χ4v) is 3.20. The number of aromatic nitrogens is 1. The molecular formula is C16H19ClN2O2. The van der Waals surface area contributed by atoms with E-state index in [4.69, 9.17) is 16.3 Å². The van der Waals surface area contributed by atoms with Crippen LogP contribution in [-0.2, 0) is 4.74 Å². The van der Waals surface area contributed by atoms with Crippen LogP contribution in [0.15, 0.2) is 30.5 Å². The number of aliphatic hydroxyl groups is 1. The molecule has 2 aromatic rings. The maximum atomic E-state index is 10.4. The third-order valence-electron chi connectivity index (χ3n) is 4.15. The zero-order chi connectivity index (χ0) is 14.9. The van der Waals surface area contributed by atoms with E-state index in [2.05, 4.69) is 9.88 Å². The van der Waals surface area contributed by atoms with Crippen LogP contribution in [0.2, 0.25) is 5.02 Å². The Morgan fingerprint density at radius 3 is 2.81 bits per heavy atom. The molecule has 0 amide bonds. The van der Waals surface area contributed by atoms with Gasteiger partial charge in [-0.05, 0) is 25.0 Å². The highest BCUT2D eigenvalue weighted by atomic mass is 35.5. The zero-order valence-electron chi connectivity index (χ0n) is 12.1. The van der Waals surface area contributed by atoms with Gasteiger partial charge in [0.05, 0.1) is 22.7 Å². The minimum atomic E-state index is -0.703. The quantitative estimate of drug-likeness (QED) is 0.947. The number of piperidine rings is 1. The van der Waals surface area contributed by atoms with Gasteiger partial charge >= 0.3 is 0 Å². The lowest BCUT2D eigenvalue weighted by molar-refractivity contribution is -0.0471. The van der Waals surface area contributed by atoms with E-state index in [1.54, 1.807) is 13.3 Å². The van der Waals surface area contributed by atoms with Crippen LogP contribution in [0, 0.1) is 0 Å². The molecule has 21 heavy (non-hydrogen) atoms. The maximum absolute atomic E-state index is 10.4. The number of methoxy groups -OCH3 is 1. The maximum Gasteiger partial charge on any atom is 0.0913 e. The predicted octanol–water partition coefficient (Wildman–Crippen LogP) is 2.87. The number of hydrogen-bond donors (Lipinski definition) is 1. The molecule has 0 bridgehead atoms. The molecule has 1 fully saturated rings. The van der Waals surface area contributed by atoms with Gasteiger partial charge in [-0.15, -0.1) is 0 Å². The van der Waals surface area contributed by atoms with Crippen LogP contribution in [0.4, 0.5) is 5.69 Å². The lowest BCUT2D eigenvalue weighted by Gasteiger charge is -2.39. The molecule has 2 heterocycles. The van der Waals surface area contributed by atoms with Crippen LogP contribution in [0.5, 0.6) is 0 Å². The summed E-state index contributed by atoms with van der Waals surface area (Å²) in [6.45, 7) is 1.99. The highest BCUT2D eigenvalue weighted by molar-refractivity contribution is 6.35. The summed E-state index contributed by atoms with van der Waals surface area (Å²) >= 11 is 6.22. The summed E-state index contributed by atoms with van der Waals surface area (Å²) in [5.74, 6) is 0. The highest BCUT2D eigenvalue weighted by Gasteiger charge is 2.32. The van der Waals surface area contributed by atoms with Crippen molar-refractivity contribution >= 4 is 28.2 Å². The molecule has 1 aliphatic heterocycles. The topological polar surface area (TPSA) is 45.6 Å². The lowest BCUT2D eigenvalue weighted by atomic mass is 9.92. The van der Waals surface area contributed by atoms with E-state index >= 15 is 0 Å². The van der Waals surface area contributed by atoms with Gasteiger partial charge in [-0.3, -0.25) is 4.98 Å². The Morgan fingerprint density at radius 2 is 2.10 bits per heavy atom. The smallest absolute Gasteiger partial charge is 0.0913 e. The molecule has 112 valence electrons. The van der Waals surface area contributed by atoms with E-state index < -0.39 is 5.60 Å². The Hall–Kier alpha value is -1.36. The SMILES string of the molecule is COCC1(O)CCN(c2ccnc3c(Cl)cccc23)CC1. The molecule has 0 unspecified atom stereocenters. The Bertz CT molecular complexity index is 639. The predicted molar refractivity (Wildman–Crippen MR) is 85.0 cm³/mol. The molecule has 0 aliphatic carbocycles. The van der Waals surface area contributed by atoms with Gasteiger partial charge in [0.1, 0.15) is 0 Å². The fourth-order valence-electron chi connectivity index (χ4n) is 2.98. The summed E-state index contributed by atoms with van der Waals surface area (Å²) < 4.78 is 5.12. The normalized spacial score (nSPS) is 18.1. The highest BCUT2D eigenvalue weighted by Crippen LogP contribution is 2.33. The van der Waals surface area contributed by atoms with E-state index in [-0.39, 0.29) is 0 Å². The largest absolute Gasteiger partial charge is 0.387 e. The van der Waals surface area contributed by atoms with Crippen molar-refractivity contribution in [2.45, 2.75) is 18.4 Å². The second-order valence-electron chi connectivity index (χ2n) is 5.61. The van der Waals surface area contributed by atoms with Gasteiger partial charge in [-0.2, -0.15) is 0 Å². The Kier molecular flexibility index (Phi) is 4.02. The van der Waals surface area contributed by atoms with Gasteiger partial charge in [-0.1, -0.05) is 23.7 Å². The molecule has 0 radical (unpaired) electrons. The molecule has 1 aromatic carbocycles. The van der Waals surface area contributed by atoms with Crippen LogP contribution in [0.25, 0.3) is 10.9 Å². The number of rotatable bonds is 3. The average molecular weight is 307 g/mol. The molecular weight excluding hydrogens is 288 g/mol. The third kappa shape index (κ3) is 2.84. The minimum absolute atomic E-state index is 0.393. The van der Waals surface area contributed by atoms with Gasteiger partial charge in [0, 0.05) is 37.5 Å². The van der Waals surface area contributed by atoms with E-state index in [1.165, 1.54) is 0 Å². The van der Waals surface area contributed by atoms with Gasteiger partial charge in [0.15, 0.2) is 0 Å². The van der Waals surface area contributed by atoms with E-state index in [0.29, 0.717) is 24.5 Å². The fraction of sp³-hybridized carbons (Fsp3) is 0.438. The van der Waals surface area contributed by atoms with Crippen LogP contribution in [0.3, 0.4) is 0 Å². The second kappa shape index (κ2) is 5.79. The summed E-state index contributed by atoms with van der Waals surface area (Å²) in [6.07, 6.45) is 3.19. The van der Waals surface area contributed by atoms with Crippen molar-refractivity contribution in [3.05, 3.63) is 35.5 Å². The molecule has 5 heteroatoms. The molecule has 0 atom stereocenters. The molecule has 1 saturated heterocycles. The summed E-state index contributed by atoms with van der Waals surface area (Å²) in [5.41, 5.74) is 1.25. The van der Waals surface area contributed by atoms with Crippen molar-refractivity contribution in [3.63, 3.8) is 0 Å². The Balaban J connectivity index is 1.88. The van der Waals surface area contributed by atoms with Gasteiger partial charge in [0.2, 0.25) is 0 Å². The molecule has 1 N–H and O–H groups in total. The minimum Gasteiger partial charge on any atom is -0.387 e. The summed E-state index contributed by atoms with van der Waals surface area (Å²) in [6, 6.07) is 7.86. The molecule has 4 nitrogen and oxygen atoms in total. The van der Waals surface area contributed by atoms with E-state index in [1.807, 2.05) is 24.3 Å². The first-order chi connectivity index (χ1) is 10.1. The van der Waals surface area contributed by atoms with Crippen molar-refractivity contribution in [1.82, 2.24) is 4.98 Å². The number of fused-ring (bicyclic) bond motifs is 1. The number of halogens is 1. The second-order valence-corrected chi connectivity index (χ2v) is 6.02. The van der Waals surface area contributed by atoms with Crippen molar-refractivity contribution < 1.29 is 9.84 Å². The van der Waals surface area contributed by atoms with E-state index in [0.717, 1.165) is 29.7 Å². The molecule has 1 aromatic heterocycles. The average Bonchev–Trinajstić information content (AvgIpc) is 2.48. The van der Waals surface area contributed by atoms with Crippen molar-refractivity contribution in [1.29, 1.82) is 0 Å². The van der Waals surface area contributed by atoms with Gasteiger partial charge < -0.3 is 14.7 Å². The van der Waals surface area contributed by atoms with Gasteiger partial charge in [0.25, 0.3) is 0 Å². The number of benzene rings is 1. The number of ether oxygens (including phenoxy) is 1. The Morgan fingerprint density at radius 1 is 1.33 bits per heavy atom. The molecule has 0 spiro atoms. The van der Waals surface area contributed by atoms with Crippen LogP contribution in [0.1, 0.15) is 12.8 Å². The van der Waals surface area contributed by atoms with Crippen molar-refractivity contribution in [3.8, 4) is 0 Å². The monoisotopic (exact) mass is 306 g/mol. The van der Waals surface area contributed by atoms with Crippen LogP contribution in [-0.4, -0.2) is 42.5 Å². The van der Waals surface area contributed by atoms with Crippen molar-refractivity contribution in [2.75, 3.05) is 31.7 Å². The third-order valence-corrected chi connectivity index (χ3v) is 4.45. The summed E-state index contributed by atoms with van der Waals surface area (Å²) in [4.78, 5) is 6.65. The van der Waals surface area contributed by atoms with E-state index in [9.17, 15) is 5.11 Å². The number of hydrogen-bond acceptors (Lipinski definition) is 4. The van der Waals surface area contributed by atoms with Gasteiger partial charge in [-0.25, -0.2) is 0 Å². The number of anilines is 1. The van der Waals surface area contributed by atoms with Crippen molar-refractivity contribution in [2.24, 2.45) is 0 Å². The molecule has 0 saturated carbocycles. The standard InChI is InChI=1S/C16H19ClN2O2/c1-21-11-16(20)6-9-19(10-7-16)14-5-8-18-15-12(14)3-2-4-13(15)17/h2-5,8,20H,6-7,9-11H2,1H3. The zero-order valence-corrected chi connectivity index (χ0v) is 12.8. The molecule has 1 aliphatic rings. The lowest BCUT2D eigenvalue weighted by Crippen LogP contribution is -2.47. The first kappa shape index (κ1) is 14.6. The Labute approximate surface area is 129 Å².